The van der Waals surface area contributed by atoms with Gasteiger partial charge in [0.25, 0.3) is 6.43 Å². The highest BCUT2D eigenvalue weighted by atomic mass is 35.5. The van der Waals surface area contributed by atoms with Gasteiger partial charge in [-0.2, -0.15) is 13.2 Å². The lowest BCUT2D eigenvalue weighted by Gasteiger charge is -2.11. The smallest absolute Gasteiger partial charge is 0.206 e. The van der Waals surface area contributed by atoms with Crippen molar-refractivity contribution in [1.29, 1.82) is 0 Å². The van der Waals surface area contributed by atoms with Gasteiger partial charge in [0, 0.05) is 5.56 Å². The van der Waals surface area contributed by atoms with Crippen LogP contribution in [0.5, 0.6) is 0 Å². The van der Waals surface area contributed by atoms with Crippen LogP contribution in [0.4, 0.5) is 26.3 Å². The van der Waals surface area contributed by atoms with Crippen molar-refractivity contribution in [2.45, 2.75) is 12.6 Å². The summed E-state index contributed by atoms with van der Waals surface area (Å²) in [6, 6.07) is 0.244. The van der Waals surface area contributed by atoms with Gasteiger partial charge in [0.15, 0.2) is 0 Å². The Kier molecular flexibility index (Phi) is 3.18. The molecule has 0 fully saturated rings. The summed E-state index contributed by atoms with van der Waals surface area (Å²) in [5, 5.41) is -0.726. The maximum absolute atomic E-state index is 12.7. The number of benzene rings is 1. The largest absolute Gasteiger partial charge is 0.419 e. The molecular weight excluding hydrogens is 246 g/mol. The van der Waals surface area contributed by atoms with Crippen molar-refractivity contribution in [2.24, 2.45) is 0 Å². The molecular formula is C8H3ClF6. The molecule has 1 aromatic rings. The molecule has 0 aliphatic rings. The van der Waals surface area contributed by atoms with E-state index in [1.807, 2.05) is 0 Å². The van der Waals surface area contributed by atoms with Gasteiger partial charge in [0.2, 0.25) is 0 Å². The summed E-state index contributed by atoms with van der Waals surface area (Å²) in [5.74, 6) is -1.67. The Bertz CT molecular complexity index is 370. The summed E-state index contributed by atoms with van der Waals surface area (Å²) < 4.78 is 73.3. The van der Waals surface area contributed by atoms with Gasteiger partial charge in [-0.3, -0.25) is 0 Å². The van der Waals surface area contributed by atoms with Crippen LogP contribution in [0.25, 0.3) is 0 Å². The van der Waals surface area contributed by atoms with E-state index >= 15 is 0 Å². The summed E-state index contributed by atoms with van der Waals surface area (Å²) in [7, 11) is 0. The molecule has 0 heterocycles. The molecule has 0 aromatic heterocycles. The Labute approximate surface area is 85.5 Å². The van der Waals surface area contributed by atoms with Crippen molar-refractivity contribution in [1.82, 2.24) is 0 Å². The molecule has 0 bridgehead atoms. The van der Waals surface area contributed by atoms with Gasteiger partial charge in [-0.05, 0) is 12.1 Å². The minimum atomic E-state index is -5.02. The molecule has 0 aliphatic heterocycles. The third-order valence-electron chi connectivity index (χ3n) is 1.63. The predicted octanol–water partition coefficient (Wildman–Crippen LogP) is 4.44. The van der Waals surface area contributed by atoms with Gasteiger partial charge in [-0.25, -0.2) is 13.2 Å². The molecule has 0 saturated carbocycles. The summed E-state index contributed by atoms with van der Waals surface area (Å²) in [6.45, 7) is 0. The van der Waals surface area contributed by atoms with Crippen molar-refractivity contribution in [3.8, 4) is 0 Å². The Morgan fingerprint density at radius 3 is 2.07 bits per heavy atom. The fourth-order valence-electron chi connectivity index (χ4n) is 0.950. The van der Waals surface area contributed by atoms with E-state index in [2.05, 4.69) is 0 Å². The average Bonchev–Trinajstić information content (AvgIpc) is 2.00. The summed E-state index contributed by atoms with van der Waals surface area (Å²) in [6.07, 6.45) is -8.20. The van der Waals surface area contributed by atoms with Crippen LogP contribution < -0.4 is 0 Å². The summed E-state index contributed by atoms with van der Waals surface area (Å²) >= 11 is 5.16. The first-order chi connectivity index (χ1) is 6.73. The van der Waals surface area contributed by atoms with Gasteiger partial charge in [-0.15, -0.1) is 0 Å². The van der Waals surface area contributed by atoms with Crippen LogP contribution in [-0.2, 0) is 6.18 Å². The highest BCUT2D eigenvalue weighted by Gasteiger charge is 2.35. The first-order valence-corrected chi connectivity index (χ1v) is 3.95. The zero-order chi connectivity index (χ0) is 11.8. The molecule has 1 aromatic carbocycles. The molecule has 0 aliphatic carbocycles. The molecule has 84 valence electrons. The molecule has 0 amide bonds. The molecule has 0 unspecified atom stereocenters. The van der Waals surface area contributed by atoms with E-state index in [0.29, 0.717) is 0 Å². The lowest BCUT2D eigenvalue weighted by atomic mass is 10.1. The minimum Gasteiger partial charge on any atom is -0.206 e. The van der Waals surface area contributed by atoms with Crippen LogP contribution in [0.15, 0.2) is 12.1 Å². The molecule has 0 atom stereocenters. The fourth-order valence-corrected chi connectivity index (χ4v) is 1.18. The van der Waals surface area contributed by atoms with Crippen LogP contribution in [0.1, 0.15) is 17.6 Å². The van der Waals surface area contributed by atoms with E-state index in [-0.39, 0.29) is 12.1 Å². The number of rotatable bonds is 1. The number of alkyl halides is 5. The molecule has 0 radical (unpaired) electrons. The zero-order valence-corrected chi connectivity index (χ0v) is 7.63. The molecule has 7 heteroatoms. The van der Waals surface area contributed by atoms with Gasteiger partial charge < -0.3 is 0 Å². The standard InChI is InChI=1S/C8H3ClF6/c9-5-2-6(10)4(8(13,14)15)1-3(5)7(11)12/h1-2,7H. The average molecular weight is 249 g/mol. The first-order valence-electron chi connectivity index (χ1n) is 3.57. The monoisotopic (exact) mass is 248 g/mol. The topological polar surface area (TPSA) is 0 Å². The molecule has 0 N–H and O–H groups in total. The number of hydrogen-bond acceptors (Lipinski definition) is 0. The predicted molar refractivity (Wildman–Crippen MR) is 41.4 cm³/mol. The molecule has 1 rings (SSSR count). The third kappa shape index (κ3) is 2.56. The number of halogens is 7. The Balaban J connectivity index is 3.37. The highest BCUT2D eigenvalue weighted by molar-refractivity contribution is 6.31. The summed E-state index contributed by atoms with van der Waals surface area (Å²) in [5.41, 5.74) is -2.78. The zero-order valence-electron chi connectivity index (χ0n) is 6.88. The van der Waals surface area contributed by atoms with Crippen molar-refractivity contribution >= 4 is 11.6 Å². The van der Waals surface area contributed by atoms with Gasteiger partial charge >= 0.3 is 6.18 Å². The quantitative estimate of drug-likeness (QED) is 0.645. The van der Waals surface area contributed by atoms with Crippen molar-refractivity contribution in [3.63, 3.8) is 0 Å². The normalized spacial score (nSPS) is 12.3. The maximum Gasteiger partial charge on any atom is 0.419 e. The van der Waals surface area contributed by atoms with E-state index in [4.69, 9.17) is 11.6 Å². The number of hydrogen-bond donors (Lipinski definition) is 0. The van der Waals surface area contributed by atoms with E-state index in [9.17, 15) is 26.3 Å². The van der Waals surface area contributed by atoms with E-state index in [0.717, 1.165) is 0 Å². The molecule has 0 spiro atoms. The van der Waals surface area contributed by atoms with Crippen LogP contribution in [0, 0.1) is 5.82 Å². The van der Waals surface area contributed by atoms with Gasteiger partial charge in [0.05, 0.1) is 10.6 Å². The van der Waals surface area contributed by atoms with Crippen molar-refractivity contribution in [3.05, 3.63) is 34.1 Å². The van der Waals surface area contributed by atoms with Crippen molar-refractivity contribution < 1.29 is 26.3 Å². The third-order valence-corrected chi connectivity index (χ3v) is 1.95. The SMILES string of the molecule is Fc1cc(Cl)c(C(F)F)cc1C(F)(F)F. The fraction of sp³-hybridized carbons (Fsp3) is 0.250. The van der Waals surface area contributed by atoms with Crippen LogP contribution in [0.3, 0.4) is 0 Å². The van der Waals surface area contributed by atoms with E-state index in [1.165, 1.54) is 0 Å². The Morgan fingerprint density at radius 2 is 1.67 bits per heavy atom. The van der Waals surface area contributed by atoms with Crippen LogP contribution in [0.2, 0.25) is 5.02 Å². The lowest BCUT2D eigenvalue weighted by molar-refractivity contribution is -0.140. The second-order valence-electron chi connectivity index (χ2n) is 2.65. The van der Waals surface area contributed by atoms with Crippen LogP contribution in [-0.4, -0.2) is 0 Å². The Hall–Kier alpha value is -0.910. The summed E-state index contributed by atoms with van der Waals surface area (Å²) in [4.78, 5) is 0. The molecule has 15 heavy (non-hydrogen) atoms. The van der Waals surface area contributed by atoms with Gasteiger partial charge in [-0.1, -0.05) is 11.6 Å². The lowest BCUT2D eigenvalue weighted by Crippen LogP contribution is -2.09. The van der Waals surface area contributed by atoms with E-state index < -0.39 is 34.6 Å². The maximum atomic E-state index is 12.7. The van der Waals surface area contributed by atoms with Crippen LogP contribution >= 0.6 is 11.6 Å². The molecule has 0 nitrogen and oxygen atoms in total. The first kappa shape index (κ1) is 12.2. The van der Waals surface area contributed by atoms with Gasteiger partial charge in [0.1, 0.15) is 5.82 Å². The second kappa shape index (κ2) is 3.92. The van der Waals surface area contributed by atoms with E-state index in [1.54, 1.807) is 0 Å². The minimum absolute atomic E-state index is 0.0162. The second-order valence-corrected chi connectivity index (χ2v) is 3.06. The molecule has 0 saturated heterocycles. The van der Waals surface area contributed by atoms with Crippen molar-refractivity contribution in [2.75, 3.05) is 0 Å². The Morgan fingerprint density at radius 1 is 1.13 bits per heavy atom. The highest BCUT2D eigenvalue weighted by Crippen LogP contribution is 2.37.